The highest BCUT2D eigenvalue weighted by atomic mass is 32.2. The lowest BCUT2D eigenvalue weighted by atomic mass is 9.71. The highest BCUT2D eigenvalue weighted by Gasteiger charge is 2.59. The standard InChI is InChI=1S/C18H16O3S/c19-15-10-22-17(12-6-2-1-3-7-12)18(15)11-21-14-9-5-4-8-13(14)16(18)20/h1-9,15,17,19H,10-11H2/t15-,17+,18+/m1/s1. The molecule has 2 aliphatic rings. The molecule has 2 aliphatic heterocycles. The van der Waals surface area contributed by atoms with Crippen LogP contribution in [-0.4, -0.2) is 29.4 Å². The lowest BCUT2D eigenvalue weighted by Crippen LogP contribution is -2.50. The molecule has 0 saturated carbocycles. The molecule has 0 amide bonds. The first-order chi connectivity index (χ1) is 10.7. The van der Waals surface area contributed by atoms with Gasteiger partial charge in [-0.2, -0.15) is 0 Å². The van der Waals surface area contributed by atoms with Crippen LogP contribution < -0.4 is 4.74 Å². The molecule has 2 heterocycles. The molecule has 1 spiro atoms. The van der Waals surface area contributed by atoms with Gasteiger partial charge in [-0.3, -0.25) is 4.79 Å². The second kappa shape index (κ2) is 5.14. The number of carbonyl (C=O) groups is 1. The van der Waals surface area contributed by atoms with Gasteiger partial charge in [0.2, 0.25) is 0 Å². The molecular formula is C18H16O3S. The second-order valence-electron chi connectivity index (χ2n) is 5.79. The molecule has 1 N–H and O–H groups in total. The number of ether oxygens (including phenoxy) is 1. The quantitative estimate of drug-likeness (QED) is 0.879. The number of fused-ring (bicyclic) bond motifs is 1. The number of hydrogen-bond donors (Lipinski definition) is 1. The maximum Gasteiger partial charge on any atom is 0.180 e. The van der Waals surface area contributed by atoms with Crippen LogP contribution in [0.2, 0.25) is 0 Å². The zero-order chi connectivity index (χ0) is 15.2. The second-order valence-corrected chi connectivity index (χ2v) is 6.93. The lowest BCUT2D eigenvalue weighted by molar-refractivity contribution is 0.00923. The van der Waals surface area contributed by atoms with Gasteiger partial charge in [-0.05, 0) is 17.7 Å². The molecule has 1 fully saturated rings. The van der Waals surface area contributed by atoms with Crippen LogP contribution >= 0.6 is 11.8 Å². The van der Waals surface area contributed by atoms with E-state index in [1.807, 2.05) is 48.5 Å². The highest BCUT2D eigenvalue weighted by molar-refractivity contribution is 7.99. The molecule has 0 aliphatic carbocycles. The fourth-order valence-electron chi connectivity index (χ4n) is 3.42. The van der Waals surface area contributed by atoms with Gasteiger partial charge in [0.05, 0.1) is 11.7 Å². The van der Waals surface area contributed by atoms with Crippen LogP contribution in [0.4, 0.5) is 0 Å². The van der Waals surface area contributed by atoms with E-state index in [2.05, 4.69) is 0 Å². The molecule has 112 valence electrons. The van der Waals surface area contributed by atoms with Crippen LogP contribution in [0.15, 0.2) is 54.6 Å². The molecule has 2 aromatic carbocycles. The predicted molar refractivity (Wildman–Crippen MR) is 86.3 cm³/mol. The number of para-hydroxylation sites is 1. The third-order valence-electron chi connectivity index (χ3n) is 4.61. The van der Waals surface area contributed by atoms with Crippen molar-refractivity contribution in [2.45, 2.75) is 11.4 Å². The van der Waals surface area contributed by atoms with Crippen LogP contribution in [0.1, 0.15) is 21.2 Å². The Kier molecular flexibility index (Phi) is 3.24. The van der Waals surface area contributed by atoms with Gasteiger partial charge in [-0.1, -0.05) is 42.5 Å². The Morgan fingerprint density at radius 3 is 2.64 bits per heavy atom. The van der Waals surface area contributed by atoms with Gasteiger partial charge in [-0.15, -0.1) is 11.8 Å². The maximum absolute atomic E-state index is 13.2. The first-order valence-corrected chi connectivity index (χ1v) is 8.39. The number of hydrogen-bond acceptors (Lipinski definition) is 4. The predicted octanol–water partition coefficient (Wildman–Crippen LogP) is 3.10. The topological polar surface area (TPSA) is 46.5 Å². The van der Waals surface area contributed by atoms with Gasteiger partial charge < -0.3 is 9.84 Å². The first kappa shape index (κ1) is 13.9. The van der Waals surface area contributed by atoms with E-state index < -0.39 is 11.5 Å². The Morgan fingerprint density at radius 2 is 1.82 bits per heavy atom. The number of carbonyl (C=O) groups excluding carboxylic acids is 1. The van der Waals surface area contributed by atoms with E-state index in [1.165, 1.54) is 0 Å². The van der Waals surface area contributed by atoms with Crippen molar-refractivity contribution in [3.8, 4) is 5.75 Å². The number of aliphatic hydroxyl groups is 1. The molecule has 2 aromatic rings. The summed E-state index contributed by atoms with van der Waals surface area (Å²) in [6.45, 7) is 0.233. The summed E-state index contributed by atoms with van der Waals surface area (Å²) in [5.41, 5.74) is 0.761. The molecule has 4 rings (SSSR count). The molecule has 3 atom stereocenters. The van der Waals surface area contributed by atoms with Gasteiger partial charge in [0.25, 0.3) is 0 Å². The largest absolute Gasteiger partial charge is 0.492 e. The molecule has 3 nitrogen and oxygen atoms in total. The molecule has 0 radical (unpaired) electrons. The summed E-state index contributed by atoms with van der Waals surface area (Å²) in [6.07, 6.45) is -0.691. The van der Waals surface area contributed by atoms with Crippen molar-refractivity contribution in [3.05, 3.63) is 65.7 Å². The van der Waals surface area contributed by atoms with E-state index >= 15 is 0 Å². The number of thioether (sulfide) groups is 1. The highest BCUT2D eigenvalue weighted by Crippen LogP contribution is 2.57. The van der Waals surface area contributed by atoms with E-state index in [0.29, 0.717) is 17.1 Å². The monoisotopic (exact) mass is 312 g/mol. The van der Waals surface area contributed by atoms with Crippen molar-refractivity contribution in [1.82, 2.24) is 0 Å². The van der Waals surface area contributed by atoms with Crippen LogP contribution in [0, 0.1) is 5.41 Å². The first-order valence-electron chi connectivity index (χ1n) is 7.35. The van der Waals surface area contributed by atoms with Crippen molar-refractivity contribution in [2.24, 2.45) is 5.41 Å². The van der Waals surface area contributed by atoms with Crippen LogP contribution in [0.3, 0.4) is 0 Å². The zero-order valence-electron chi connectivity index (χ0n) is 11.9. The lowest BCUT2D eigenvalue weighted by Gasteiger charge is -2.39. The molecule has 22 heavy (non-hydrogen) atoms. The summed E-state index contributed by atoms with van der Waals surface area (Å²) in [4.78, 5) is 13.2. The van der Waals surface area contributed by atoms with Crippen molar-refractivity contribution in [3.63, 3.8) is 0 Å². The van der Waals surface area contributed by atoms with E-state index in [0.717, 1.165) is 5.56 Å². The number of rotatable bonds is 1. The molecule has 1 saturated heterocycles. The Bertz CT molecular complexity index is 715. The summed E-state index contributed by atoms with van der Waals surface area (Å²) in [6, 6.07) is 17.2. The van der Waals surface area contributed by atoms with Gasteiger partial charge in [0.15, 0.2) is 5.78 Å². The SMILES string of the molecule is O=C1c2ccccc2OC[C@]12[C@H](O)CS[C@H]2c1ccccc1. The normalized spacial score (nSPS) is 30.1. The molecular weight excluding hydrogens is 296 g/mol. The van der Waals surface area contributed by atoms with Crippen LogP contribution in [0.5, 0.6) is 5.75 Å². The van der Waals surface area contributed by atoms with E-state index in [1.54, 1.807) is 17.8 Å². The smallest absolute Gasteiger partial charge is 0.180 e. The van der Waals surface area contributed by atoms with Gasteiger partial charge in [0, 0.05) is 11.0 Å². The summed E-state index contributed by atoms with van der Waals surface area (Å²) in [5.74, 6) is 1.17. The summed E-state index contributed by atoms with van der Waals surface area (Å²) in [5, 5.41) is 10.5. The number of aliphatic hydroxyl groups excluding tert-OH is 1. The van der Waals surface area contributed by atoms with E-state index in [-0.39, 0.29) is 17.6 Å². The number of benzene rings is 2. The minimum absolute atomic E-state index is 0.000651. The molecule has 0 aromatic heterocycles. The van der Waals surface area contributed by atoms with Crippen molar-refractivity contribution in [1.29, 1.82) is 0 Å². The Morgan fingerprint density at radius 1 is 1.09 bits per heavy atom. The fraction of sp³-hybridized carbons (Fsp3) is 0.278. The Balaban J connectivity index is 1.83. The average molecular weight is 312 g/mol. The number of Topliss-reactive ketones (excluding diaryl/α,β-unsaturated/α-hetero) is 1. The van der Waals surface area contributed by atoms with Gasteiger partial charge >= 0.3 is 0 Å². The third-order valence-corrected chi connectivity index (χ3v) is 6.14. The van der Waals surface area contributed by atoms with Gasteiger partial charge in [-0.25, -0.2) is 0 Å². The molecule has 0 unspecified atom stereocenters. The summed E-state index contributed by atoms with van der Waals surface area (Å²) >= 11 is 1.64. The fourth-order valence-corrected chi connectivity index (χ4v) is 5.07. The minimum atomic E-state index is -0.889. The summed E-state index contributed by atoms with van der Waals surface area (Å²) < 4.78 is 5.86. The van der Waals surface area contributed by atoms with Crippen LogP contribution in [0.25, 0.3) is 0 Å². The van der Waals surface area contributed by atoms with Crippen molar-refractivity contribution in [2.75, 3.05) is 12.4 Å². The number of ketones is 1. The Labute approximate surface area is 133 Å². The van der Waals surface area contributed by atoms with Crippen molar-refractivity contribution < 1.29 is 14.6 Å². The Hall–Kier alpha value is -1.78. The van der Waals surface area contributed by atoms with Crippen LogP contribution in [-0.2, 0) is 0 Å². The zero-order valence-corrected chi connectivity index (χ0v) is 12.8. The summed E-state index contributed by atoms with van der Waals surface area (Å²) in [7, 11) is 0. The van der Waals surface area contributed by atoms with Crippen molar-refractivity contribution >= 4 is 17.5 Å². The maximum atomic E-state index is 13.2. The van der Waals surface area contributed by atoms with E-state index in [4.69, 9.17) is 4.74 Å². The molecule has 0 bridgehead atoms. The minimum Gasteiger partial charge on any atom is -0.492 e. The van der Waals surface area contributed by atoms with E-state index in [9.17, 15) is 9.90 Å². The third kappa shape index (κ3) is 1.84. The average Bonchev–Trinajstić information content (AvgIpc) is 2.90. The van der Waals surface area contributed by atoms with Gasteiger partial charge in [0.1, 0.15) is 17.8 Å². The molecule has 4 heteroatoms.